The monoisotopic (exact) mass is 400 g/mol. The molecule has 0 aliphatic rings. The topological polar surface area (TPSA) is 59.9 Å². The summed E-state index contributed by atoms with van der Waals surface area (Å²) in [5.74, 6) is -2.31. The lowest BCUT2D eigenvalue weighted by Crippen LogP contribution is -2.11. The minimum Gasteiger partial charge on any atom is -0.432 e. The summed E-state index contributed by atoms with van der Waals surface area (Å²) in [6.45, 7) is -3.22. The Hall–Kier alpha value is -3.37. The van der Waals surface area contributed by atoms with Crippen molar-refractivity contribution in [1.29, 1.82) is 0 Å². The van der Waals surface area contributed by atoms with Gasteiger partial charge in [-0.15, -0.1) is 0 Å². The minimum atomic E-state index is -4.75. The van der Waals surface area contributed by atoms with Gasteiger partial charge in [-0.05, 0) is 24.3 Å². The molecule has 2 heterocycles. The quantitative estimate of drug-likeness (QED) is 0.608. The van der Waals surface area contributed by atoms with Gasteiger partial charge in [0.2, 0.25) is 0 Å². The molecule has 0 spiro atoms. The lowest BCUT2D eigenvalue weighted by molar-refractivity contribution is -0.141. The molecule has 0 atom stereocenters. The van der Waals surface area contributed by atoms with E-state index in [9.17, 15) is 26.3 Å². The van der Waals surface area contributed by atoms with E-state index < -0.39 is 30.0 Å². The first-order chi connectivity index (χ1) is 13.2. The van der Waals surface area contributed by atoms with Crippen molar-refractivity contribution in [2.75, 3.05) is 5.32 Å². The number of ether oxygens (including phenoxy) is 1. The van der Waals surface area contributed by atoms with Gasteiger partial charge < -0.3 is 10.1 Å². The maximum atomic E-state index is 13.8. The van der Waals surface area contributed by atoms with Gasteiger partial charge in [-0.1, -0.05) is 0 Å². The number of pyridine rings is 1. The highest BCUT2D eigenvalue weighted by Gasteiger charge is 2.34. The number of nitrogens with one attached hydrogen (secondary N) is 1. The molecule has 146 valence electrons. The van der Waals surface area contributed by atoms with Crippen molar-refractivity contribution in [3.05, 3.63) is 60.3 Å². The van der Waals surface area contributed by atoms with Gasteiger partial charge in [0.15, 0.2) is 23.1 Å². The number of hydrogen-bond donors (Lipinski definition) is 1. The van der Waals surface area contributed by atoms with Crippen LogP contribution in [-0.4, -0.2) is 21.6 Å². The third-order valence-corrected chi connectivity index (χ3v) is 3.38. The number of nitrogens with zero attached hydrogens (tertiary/aromatic N) is 3. The standard InChI is InChI=1S/C17H10F6N4O/c18-11-7-10(1-2-12(11)28-16(19)20)25-14-8-13(17(21,22)23)26-15(27-14)9-3-5-24-6-4-9/h1-8,16H,(H,25,26,27). The second kappa shape index (κ2) is 7.71. The third kappa shape index (κ3) is 4.67. The molecule has 0 saturated heterocycles. The first-order valence-electron chi connectivity index (χ1n) is 7.60. The van der Waals surface area contributed by atoms with E-state index in [0.29, 0.717) is 6.07 Å². The van der Waals surface area contributed by atoms with Gasteiger partial charge in [-0.2, -0.15) is 22.0 Å². The number of rotatable bonds is 5. The summed E-state index contributed by atoms with van der Waals surface area (Å²) >= 11 is 0. The van der Waals surface area contributed by atoms with Gasteiger partial charge in [0.05, 0.1) is 0 Å². The van der Waals surface area contributed by atoms with Gasteiger partial charge >= 0.3 is 12.8 Å². The van der Waals surface area contributed by atoms with Crippen LogP contribution in [0.5, 0.6) is 5.75 Å². The molecule has 0 aliphatic heterocycles. The van der Waals surface area contributed by atoms with Gasteiger partial charge in [-0.25, -0.2) is 14.4 Å². The molecule has 3 rings (SSSR count). The molecular formula is C17H10F6N4O. The number of hydrogen-bond acceptors (Lipinski definition) is 5. The van der Waals surface area contributed by atoms with E-state index in [-0.39, 0.29) is 22.9 Å². The summed E-state index contributed by atoms with van der Waals surface area (Å²) in [6.07, 6.45) is -2.02. The Morgan fingerprint density at radius 3 is 2.29 bits per heavy atom. The van der Waals surface area contributed by atoms with E-state index in [1.54, 1.807) is 0 Å². The number of benzene rings is 1. The third-order valence-electron chi connectivity index (χ3n) is 3.38. The SMILES string of the molecule is Fc1cc(Nc2cc(C(F)(F)F)nc(-c3ccncc3)n2)ccc1OC(F)F. The Bertz CT molecular complexity index is 966. The first kappa shape index (κ1) is 19.4. The van der Waals surface area contributed by atoms with Crippen molar-refractivity contribution >= 4 is 11.5 Å². The predicted molar refractivity (Wildman–Crippen MR) is 86.6 cm³/mol. The van der Waals surface area contributed by atoms with Crippen LogP contribution < -0.4 is 10.1 Å². The normalized spacial score (nSPS) is 11.5. The molecule has 2 aromatic heterocycles. The van der Waals surface area contributed by atoms with Crippen molar-refractivity contribution in [2.45, 2.75) is 12.8 Å². The van der Waals surface area contributed by atoms with E-state index in [1.165, 1.54) is 24.5 Å². The second-order valence-electron chi connectivity index (χ2n) is 5.34. The van der Waals surface area contributed by atoms with Crippen molar-refractivity contribution in [1.82, 2.24) is 15.0 Å². The lowest BCUT2D eigenvalue weighted by atomic mass is 10.2. The molecule has 0 bridgehead atoms. The fourth-order valence-electron chi connectivity index (χ4n) is 2.20. The highest BCUT2D eigenvalue weighted by atomic mass is 19.4. The Morgan fingerprint density at radius 2 is 1.68 bits per heavy atom. The summed E-state index contributed by atoms with van der Waals surface area (Å²) in [5.41, 5.74) is -0.947. The summed E-state index contributed by atoms with van der Waals surface area (Å²) in [5, 5.41) is 2.50. The van der Waals surface area contributed by atoms with E-state index >= 15 is 0 Å². The molecule has 1 aromatic carbocycles. The molecule has 0 amide bonds. The molecule has 11 heteroatoms. The smallest absolute Gasteiger partial charge is 0.432 e. The number of anilines is 2. The van der Waals surface area contributed by atoms with Gasteiger partial charge in [-0.3, -0.25) is 4.98 Å². The number of aromatic nitrogens is 3. The van der Waals surface area contributed by atoms with Crippen LogP contribution in [0.4, 0.5) is 37.8 Å². The first-order valence-corrected chi connectivity index (χ1v) is 7.60. The second-order valence-corrected chi connectivity index (χ2v) is 5.34. The van der Waals surface area contributed by atoms with Gasteiger partial charge in [0.25, 0.3) is 0 Å². The minimum absolute atomic E-state index is 0.0216. The molecule has 0 fully saturated rings. The van der Waals surface area contributed by atoms with Crippen LogP contribution in [0.2, 0.25) is 0 Å². The Labute approximate surface area is 154 Å². The molecule has 0 aliphatic carbocycles. The fraction of sp³-hybridized carbons (Fsp3) is 0.118. The molecular weight excluding hydrogens is 390 g/mol. The number of alkyl halides is 5. The number of halogens is 6. The lowest BCUT2D eigenvalue weighted by Gasteiger charge is -2.13. The van der Waals surface area contributed by atoms with Crippen LogP contribution in [0.15, 0.2) is 48.8 Å². The van der Waals surface area contributed by atoms with Crippen molar-refractivity contribution in [2.24, 2.45) is 0 Å². The van der Waals surface area contributed by atoms with E-state index in [2.05, 4.69) is 25.0 Å². The molecule has 5 nitrogen and oxygen atoms in total. The van der Waals surface area contributed by atoms with Crippen molar-refractivity contribution in [3.63, 3.8) is 0 Å². The van der Waals surface area contributed by atoms with Crippen molar-refractivity contribution < 1.29 is 31.1 Å². The Balaban J connectivity index is 1.96. The molecule has 28 heavy (non-hydrogen) atoms. The van der Waals surface area contributed by atoms with Crippen LogP contribution in [0.1, 0.15) is 5.69 Å². The summed E-state index contributed by atoms with van der Waals surface area (Å²) in [7, 11) is 0. The average molecular weight is 400 g/mol. The zero-order chi connectivity index (χ0) is 20.3. The van der Waals surface area contributed by atoms with E-state index in [0.717, 1.165) is 18.2 Å². The van der Waals surface area contributed by atoms with Crippen LogP contribution in [0.25, 0.3) is 11.4 Å². The summed E-state index contributed by atoms with van der Waals surface area (Å²) in [6, 6.07) is 6.36. The predicted octanol–water partition coefficient (Wildman–Crippen LogP) is 5.04. The maximum absolute atomic E-state index is 13.8. The molecule has 0 saturated carbocycles. The zero-order valence-electron chi connectivity index (χ0n) is 13.7. The largest absolute Gasteiger partial charge is 0.433 e. The maximum Gasteiger partial charge on any atom is 0.433 e. The van der Waals surface area contributed by atoms with E-state index in [1.807, 2.05) is 0 Å². The highest BCUT2D eigenvalue weighted by Crippen LogP contribution is 2.32. The molecule has 3 aromatic rings. The summed E-state index contributed by atoms with van der Waals surface area (Å²) < 4.78 is 81.6. The van der Waals surface area contributed by atoms with Crippen LogP contribution in [0, 0.1) is 5.82 Å². The van der Waals surface area contributed by atoms with E-state index in [4.69, 9.17) is 0 Å². The van der Waals surface area contributed by atoms with Crippen LogP contribution in [-0.2, 0) is 6.18 Å². The molecule has 1 N–H and O–H groups in total. The summed E-state index contributed by atoms with van der Waals surface area (Å²) in [4.78, 5) is 11.3. The molecule has 0 radical (unpaired) electrons. The fourth-order valence-corrected chi connectivity index (χ4v) is 2.20. The Morgan fingerprint density at radius 1 is 0.964 bits per heavy atom. The van der Waals surface area contributed by atoms with Gasteiger partial charge in [0.1, 0.15) is 5.82 Å². The van der Waals surface area contributed by atoms with Crippen LogP contribution >= 0.6 is 0 Å². The van der Waals surface area contributed by atoms with Crippen molar-refractivity contribution in [3.8, 4) is 17.1 Å². The van der Waals surface area contributed by atoms with Gasteiger partial charge in [0, 0.05) is 35.8 Å². The average Bonchev–Trinajstić information content (AvgIpc) is 2.63. The highest BCUT2D eigenvalue weighted by molar-refractivity contribution is 5.62. The Kier molecular flexibility index (Phi) is 5.34. The van der Waals surface area contributed by atoms with Crippen LogP contribution in [0.3, 0.4) is 0 Å². The zero-order valence-corrected chi connectivity index (χ0v) is 13.7. The molecule has 0 unspecified atom stereocenters.